The molecule has 0 bridgehead atoms. The van der Waals surface area contributed by atoms with Crippen LogP contribution in [0.15, 0.2) is 24.3 Å². The van der Waals surface area contributed by atoms with Gasteiger partial charge in [-0.05, 0) is 24.6 Å². The molecule has 0 saturated carbocycles. The molecule has 0 aliphatic heterocycles. The Balaban J connectivity index is 2.32. The number of esters is 1. The maximum absolute atomic E-state index is 11.6. The topological polar surface area (TPSA) is 109 Å². The fourth-order valence-electron chi connectivity index (χ4n) is 2.00. The Bertz CT molecular complexity index is 608. The minimum Gasteiger partial charge on any atom is -0.461 e. The number of aromatic amines is 1. The number of aromatic nitrogens is 1. The van der Waals surface area contributed by atoms with Gasteiger partial charge in [0, 0.05) is 17.4 Å². The molecule has 0 radical (unpaired) electrons. The van der Waals surface area contributed by atoms with Crippen molar-refractivity contribution in [3.05, 3.63) is 35.5 Å². The fourth-order valence-corrected chi connectivity index (χ4v) is 2.00. The molecule has 0 aliphatic rings. The molecule has 5 N–H and O–H groups in total. The molecule has 6 nitrogen and oxygen atoms in total. The van der Waals surface area contributed by atoms with Crippen molar-refractivity contribution in [2.75, 3.05) is 13.2 Å². The van der Waals surface area contributed by atoms with E-state index >= 15 is 0 Å². The summed E-state index contributed by atoms with van der Waals surface area (Å²) >= 11 is 0. The van der Waals surface area contributed by atoms with Gasteiger partial charge in [0.15, 0.2) is 0 Å². The Morgan fingerprint density at radius 2 is 2.15 bits per heavy atom. The highest BCUT2D eigenvalue weighted by molar-refractivity contribution is 5.94. The van der Waals surface area contributed by atoms with Gasteiger partial charge in [-0.2, -0.15) is 0 Å². The zero-order chi connectivity index (χ0) is 14.7. The Labute approximate surface area is 116 Å². The molecule has 2 atom stereocenters. The van der Waals surface area contributed by atoms with Crippen LogP contribution in [0.5, 0.6) is 0 Å². The van der Waals surface area contributed by atoms with E-state index in [0.717, 1.165) is 5.39 Å². The lowest BCUT2D eigenvalue weighted by Crippen LogP contribution is -2.27. The van der Waals surface area contributed by atoms with E-state index in [1.165, 1.54) is 0 Å². The largest absolute Gasteiger partial charge is 0.461 e. The second-order valence-corrected chi connectivity index (χ2v) is 4.50. The number of rotatable bonds is 5. The third kappa shape index (κ3) is 2.82. The van der Waals surface area contributed by atoms with Gasteiger partial charge in [-0.1, -0.05) is 12.1 Å². The van der Waals surface area contributed by atoms with Gasteiger partial charge in [-0.15, -0.1) is 0 Å². The molecule has 0 spiro atoms. The summed E-state index contributed by atoms with van der Waals surface area (Å²) in [5.41, 5.74) is 6.90. The number of hydrogen-bond acceptors (Lipinski definition) is 5. The first-order chi connectivity index (χ1) is 9.56. The lowest BCUT2D eigenvalue weighted by atomic mass is 10.0. The first-order valence-electron chi connectivity index (χ1n) is 6.42. The molecule has 6 heteroatoms. The van der Waals surface area contributed by atoms with Crippen molar-refractivity contribution < 1.29 is 19.7 Å². The second-order valence-electron chi connectivity index (χ2n) is 4.50. The fraction of sp³-hybridized carbons (Fsp3) is 0.357. The molecule has 2 aromatic rings. The summed E-state index contributed by atoms with van der Waals surface area (Å²) in [6, 6.07) is 6.81. The van der Waals surface area contributed by atoms with Crippen LogP contribution in [0.1, 0.15) is 29.1 Å². The zero-order valence-corrected chi connectivity index (χ0v) is 11.2. The van der Waals surface area contributed by atoms with Crippen molar-refractivity contribution >= 4 is 16.9 Å². The molecule has 108 valence electrons. The van der Waals surface area contributed by atoms with Crippen LogP contribution < -0.4 is 5.73 Å². The number of hydrogen-bond donors (Lipinski definition) is 4. The van der Waals surface area contributed by atoms with Crippen molar-refractivity contribution in [1.29, 1.82) is 0 Å². The molecule has 1 aromatic carbocycles. The third-order valence-corrected chi connectivity index (χ3v) is 3.09. The number of aliphatic hydroxyl groups is 2. The second kappa shape index (κ2) is 6.04. The van der Waals surface area contributed by atoms with Crippen LogP contribution in [0.2, 0.25) is 0 Å². The number of benzene rings is 1. The number of fused-ring (bicyclic) bond motifs is 1. The highest BCUT2D eigenvalue weighted by atomic mass is 16.5. The maximum Gasteiger partial charge on any atom is 0.354 e. The Hall–Kier alpha value is -1.89. The van der Waals surface area contributed by atoms with E-state index in [9.17, 15) is 15.0 Å². The van der Waals surface area contributed by atoms with E-state index in [1.54, 1.807) is 31.2 Å². The number of aliphatic hydroxyl groups excluding tert-OH is 2. The number of carbonyl (C=O) groups is 1. The zero-order valence-electron chi connectivity index (χ0n) is 11.2. The first-order valence-corrected chi connectivity index (χ1v) is 6.42. The molecule has 0 fully saturated rings. The molecular formula is C14H18N2O4. The van der Waals surface area contributed by atoms with Crippen molar-refractivity contribution in [3.63, 3.8) is 0 Å². The normalized spacial score (nSPS) is 14.2. The van der Waals surface area contributed by atoms with Crippen LogP contribution in [0.25, 0.3) is 10.9 Å². The molecule has 20 heavy (non-hydrogen) atoms. The van der Waals surface area contributed by atoms with Crippen LogP contribution in [0.4, 0.5) is 0 Å². The number of H-pyrrole nitrogens is 1. The molecule has 2 unspecified atom stereocenters. The average Bonchev–Trinajstić information content (AvgIpc) is 2.88. The van der Waals surface area contributed by atoms with Gasteiger partial charge in [0.2, 0.25) is 0 Å². The third-order valence-electron chi connectivity index (χ3n) is 3.09. The summed E-state index contributed by atoms with van der Waals surface area (Å²) in [4.78, 5) is 14.6. The van der Waals surface area contributed by atoms with Crippen molar-refractivity contribution in [2.24, 2.45) is 5.73 Å². The van der Waals surface area contributed by atoms with Gasteiger partial charge >= 0.3 is 5.97 Å². The monoisotopic (exact) mass is 278 g/mol. The molecule has 1 aromatic heterocycles. The molecular weight excluding hydrogens is 260 g/mol. The van der Waals surface area contributed by atoms with Crippen LogP contribution in [-0.4, -0.2) is 40.4 Å². The van der Waals surface area contributed by atoms with Gasteiger partial charge in [0.1, 0.15) is 11.8 Å². The highest BCUT2D eigenvalue weighted by Gasteiger charge is 2.18. The van der Waals surface area contributed by atoms with Gasteiger partial charge in [-0.3, -0.25) is 0 Å². The highest BCUT2D eigenvalue weighted by Crippen LogP contribution is 2.23. The maximum atomic E-state index is 11.6. The standard InChI is InChI=1S/C14H18N2O4/c1-2-20-14(19)11-5-8-3-4-9(6-10(8)16-11)13(18)12(17)7-15/h3-6,12-13,16-18H,2,7,15H2,1H3. The SMILES string of the molecule is CCOC(=O)c1cc2ccc(C(O)C(O)CN)cc2[nH]1. The molecule has 0 saturated heterocycles. The average molecular weight is 278 g/mol. The van der Waals surface area contributed by atoms with Gasteiger partial charge in [0.05, 0.1) is 12.7 Å². The number of ether oxygens (including phenoxy) is 1. The van der Waals surface area contributed by atoms with Crippen LogP contribution in [0, 0.1) is 0 Å². The predicted octanol–water partition coefficient (Wildman–Crippen LogP) is 0.698. The summed E-state index contributed by atoms with van der Waals surface area (Å²) in [5, 5.41) is 20.3. The lowest BCUT2D eigenvalue weighted by molar-refractivity contribution is 0.0244. The molecule has 2 rings (SSSR count). The minimum absolute atomic E-state index is 0.0298. The number of nitrogens with one attached hydrogen (secondary N) is 1. The van der Waals surface area contributed by atoms with E-state index in [4.69, 9.17) is 10.5 Å². The van der Waals surface area contributed by atoms with Gasteiger partial charge < -0.3 is 25.7 Å². The quantitative estimate of drug-likeness (QED) is 0.602. The van der Waals surface area contributed by atoms with Gasteiger partial charge in [0.25, 0.3) is 0 Å². The predicted molar refractivity (Wildman–Crippen MR) is 74.3 cm³/mol. The molecule has 0 aliphatic carbocycles. The van der Waals surface area contributed by atoms with Crippen LogP contribution in [0.3, 0.4) is 0 Å². The van der Waals surface area contributed by atoms with Crippen LogP contribution in [-0.2, 0) is 4.74 Å². The van der Waals surface area contributed by atoms with Crippen LogP contribution >= 0.6 is 0 Å². The Kier molecular flexibility index (Phi) is 4.39. The Morgan fingerprint density at radius 1 is 1.40 bits per heavy atom. The molecule has 0 amide bonds. The van der Waals surface area contributed by atoms with E-state index in [1.807, 2.05) is 0 Å². The smallest absolute Gasteiger partial charge is 0.354 e. The Morgan fingerprint density at radius 3 is 2.80 bits per heavy atom. The van der Waals surface area contributed by atoms with Crippen molar-refractivity contribution in [3.8, 4) is 0 Å². The van der Waals surface area contributed by atoms with Gasteiger partial charge in [-0.25, -0.2) is 4.79 Å². The first kappa shape index (κ1) is 14.5. The van der Waals surface area contributed by atoms with E-state index < -0.39 is 18.2 Å². The van der Waals surface area contributed by atoms with E-state index in [2.05, 4.69) is 4.98 Å². The summed E-state index contributed by atoms with van der Waals surface area (Å²) in [6.07, 6.45) is -2.08. The van der Waals surface area contributed by atoms with E-state index in [-0.39, 0.29) is 6.54 Å². The summed E-state index contributed by atoms with van der Waals surface area (Å²) in [6.45, 7) is 2.02. The summed E-state index contributed by atoms with van der Waals surface area (Å²) in [7, 11) is 0. The summed E-state index contributed by atoms with van der Waals surface area (Å²) in [5.74, 6) is -0.423. The van der Waals surface area contributed by atoms with E-state index in [0.29, 0.717) is 23.4 Å². The lowest BCUT2D eigenvalue weighted by Gasteiger charge is -2.16. The molecule has 1 heterocycles. The minimum atomic E-state index is -1.06. The van der Waals surface area contributed by atoms with Crippen molar-refractivity contribution in [1.82, 2.24) is 4.98 Å². The van der Waals surface area contributed by atoms with Crippen molar-refractivity contribution in [2.45, 2.75) is 19.1 Å². The number of carbonyl (C=O) groups excluding carboxylic acids is 1. The summed E-state index contributed by atoms with van der Waals surface area (Å²) < 4.78 is 4.91. The number of nitrogens with two attached hydrogens (primary N) is 1.